The highest BCUT2D eigenvalue weighted by Gasteiger charge is 2.17. The number of hydrogen-bond acceptors (Lipinski definition) is 3. The fourth-order valence-electron chi connectivity index (χ4n) is 2.76. The van der Waals surface area contributed by atoms with Gasteiger partial charge in [-0.25, -0.2) is 4.79 Å². The van der Waals surface area contributed by atoms with Gasteiger partial charge in [-0.15, -0.1) is 0 Å². The maximum Gasteiger partial charge on any atom is 0.340 e. The zero-order valence-corrected chi connectivity index (χ0v) is 14.7. The van der Waals surface area contributed by atoms with E-state index >= 15 is 0 Å². The van der Waals surface area contributed by atoms with Gasteiger partial charge < -0.3 is 14.6 Å². The smallest absolute Gasteiger partial charge is 0.340 e. The van der Waals surface area contributed by atoms with Gasteiger partial charge in [0.2, 0.25) is 0 Å². The van der Waals surface area contributed by atoms with Crippen LogP contribution in [0.3, 0.4) is 0 Å². The molecule has 0 radical (unpaired) electrons. The second-order valence-electron chi connectivity index (χ2n) is 5.81. The lowest BCUT2D eigenvalue weighted by Gasteiger charge is -2.09. The summed E-state index contributed by atoms with van der Waals surface area (Å²) < 4.78 is 7.17. The number of aryl methyl sites for hydroxylation is 2. The molecule has 1 heterocycles. The SMILES string of the molecule is CCn1c(C)cc(C(=O)OCC(=O)NCc2ccccc2C)c1C. The van der Waals surface area contributed by atoms with E-state index < -0.39 is 5.97 Å². The van der Waals surface area contributed by atoms with Crippen molar-refractivity contribution in [2.75, 3.05) is 6.61 Å². The fourth-order valence-corrected chi connectivity index (χ4v) is 2.76. The number of rotatable bonds is 6. The molecule has 5 nitrogen and oxygen atoms in total. The van der Waals surface area contributed by atoms with Gasteiger partial charge in [0.05, 0.1) is 5.56 Å². The summed E-state index contributed by atoms with van der Waals surface area (Å²) >= 11 is 0. The molecule has 0 spiro atoms. The van der Waals surface area contributed by atoms with E-state index in [1.165, 1.54) is 0 Å². The summed E-state index contributed by atoms with van der Waals surface area (Å²) in [5.41, 5.74) is 4.54. The summed E-state index contributed by atoms with van der Waals surface area (Å²) in [5, 5.41) is 2.77. The Morgan fingerprint density at radius 2 is 1.88 bits per heavy atom. The Morgan fingerprint density at radius 3 is 2.50 bits per heavy atom. The molecule has 0 aliphatic heterocycles. The van der Waals surface area contributed by atoms with E-state index in [-0.39, 0.29) is 12.5 Å². The average Bonchev–Trinajstić information content (AvgIpc) is 2.85. The average molecular weight is 328 g/mol. The van der Waals surface area contributed by atoms with Crippen molar-refractivity contribution in [2.45, 2.75) is 40.8 Å². The minimum absolute atomic E-state index is 0.277. The number of hydrogen-bond donors (Lipinski definition) is 1. The minimum Gasteiger partial charge on any atom is -0.452 e. The molecule has 0 saturated carbocycles. The summed E-state index contributed by atoms with van der Waals surface area (Å²) in [6.45, 7) is 8.78. The number of ether oxygens (including phenoxy) is 1. The summed E-state index contributed by atoms with van der Waals surface area (Å²) in [6, 6.07) is 9.63. The van der Waals surface area contributed by atoms with Crippen LogP contribution >= 0.6 is 0 Å². The number of carbonyl (C=O) groups excluding carboxylic acids is 2. The standard InChI is InChI=1S/C19H24N2O3/c1-5-21-14(3)10-17(15(21)4)19(23)24-12-18(22)20-11-16-9-7-6-8-13(16)2/h6-10H,5,11-12H2,1-4H3,(H,20,22). The summed E-state index contributed by atoms with van der Waals surface area (Å²) in [4.78, 5) is 24.0. The van der Waals surface area contributed by atoms with E-state index in [2.05, 4.69) is 5.32 Å². The van der Waals surface area contributed by atoms with Crippen molar-refractivity contribution in [3.63, 3.8) is 0 Å². The molecule has 0 bridgehead atoms. The van der Waals surface area contributed by atoms with Crippen LogP contribution in [0.5, 0.6) is 0 Å². The number of benzene rings is 1. The van der Waals surface area contributed by atoms with Crippen molar-refractivity contribution in [3.05, 3.63) is 58.4 Å². The summed E-state index contributed by atoms with van der Waals surface area (Å²) in [6.07, 6.45) is 0. The number of amides is 1. The maximum absolute atomic E-state index is 12.2. The van der Waals surface area contributed by atoms with Crippen molar-refractivity contribution in [1.82, 2.24) is 9.88 Å². The number of esters is 1. The lowest BCUT2D eigenvalue weighted by atomic mass is 10.1. The zero-order valence-electron chi connectivity index (χ0n) is 14.7. The first-order valence-corrected chi connectivity index (χ1v) is 8.09. The van der Waals surface area contributed by atoms with Gasteiger partial charge in [0, 0.05) is 24.5 Å². The molecule has 1 aromatic carbocycles. The quantitative estimate of drug-likeness (QED) is 0.830. The van der Waals surface area contributed by atoms with Crippen molar-refractivity contribution in [2.24, 2.45) is 0 Å². The van der Waals surface area contributed by atoms with Crippen LogP contribution in [-0.2, 0) is 22.6 Å². The van der Waals surface area contributed by atoms with E-state index in [0.29, 0.717) is 12.1 Å². The van der Waals surface area contributed by atoms with Crippen LogP contribution in [0.4, 0.5) is 0 Å². The molecular weight excluding hydrogens is 304 g/mol. The first-order chi connectivity index (χ1) is 11.4. The van der Waals surface area contributed by atoms with E-state index in [0.717, 1.165) is 29.1 Å². The van der Waals surface area contributed by atoms with Crippen molar-refractivity contribution >= 4 is 11.9 Å². The Balaban J connectivity index is 1.88. The Hall–Kier alpha value is -2.56. The molecule has 0 fully saturated rings. The fraction of sp³-hybridized carbons (Fsp3) is 0.368. The van der Waals surface area contributed by atoms with Gasteiger partial charge in [-0.3, -0.25) is 4.79 Å². The summed E-state index contributed by atoms with van der Waals surface area (Å²) in [7, 11) is 0. The minimum atomic E-state index is -0.464. The highest BCUT2D eigenvalue weighted by molar-refractivity contribution is 5.92. The molecule has 128 valence electrons. The van der Waals surface area contributed by atoms with Gasteiger partial charge in [0.1, 0.15) is 0 Å². The number of nitrogens with zero attached hydrogens (tertiary/aromatic N) is 1. The third-order valence-electron chi connectivity index (χ3n) is 4.18. The zero-order chi connectivity index (χ0) is 17.7. The Morgan fingerprint density at radius 1 is 1.17 bits per heavy atom. The van der Waals surface area contributed by atoms with Gasteiger partial charge in [0.15, 0.2) is 6.61 Å². The lowest BCUT2D eigenvalue weighted by molar-refractivity contribution is -0.124. The van der Waals surface area contributed by atoms with E-state index in [4.69, 9.17) is 4.74 Å². The van der Waals surface area contributed by atoms with Crippen molar-refractivity contribution in [1.29, 1.82) is 0 Å². The topological polar surface area (TPSA) is 60.3 Å². The highest BCUT2D eigenvalue weighted by atomic mass is 16.5. The molecule has 0 saturated heterocycles. The van der Waals surface area contributed by atoms with Gasteiger partial charge >= 0.3 is 5.97 Å². The largest absolute Gasteiger partial charge is 0.452 e. The van der Waals surface area contributed by atoms with Crippen LogP contribution in [0.15, 0.2) is 30.3 Å². The molecule has 2 rings (SSSR count). The molecule has 2 aromatic rings. The summed E-state index contributed by atoms with van der Waals surface area (Å²) in [5.74, 6) is -0.773. The van der Waals surface area contributed by atoms with Gasteiger partial charge in [-0.1, -0.05) is 24.3 Å². The predicted molar refractivity (Wildman–Crippen MR) is 92.9 cm³/mol. The molecule has 24 heavy (non-hydrogen) atoms. The number of carbonyl (C=O) groups is 2. The van der Waals surface area contributed by atoms with Crippen molar-refractivity contribution < 1.29 is 14.3 Å². The molecule has 1 aromatic heterocycles. The molecule has 0 unspecified atom stereocenters. The van der Waals surface area contributed by atoms with E-state index in [1.54, 1.807) is 6.07 Å². The van der Waals surface area contributed by atoms with Crippen LogP contribution in [0.25, 0.3) is 0 Å². The first kappa shape index (κ1) is 17.8. The maximum atomic E-state index is 12.2. The van der Waals surface area contributed by atoms with Gasteiger partial charge in [-0.2, -0.15) is 0 Å². The monoisotopic (exact) mass is 328 g/mol. The van der Waals surface area contributed by atoms with Crippen LogP contribution in [0, 0.1) is 20.8 Å². The Kier molecular flexibility index (Phi) is 5.79. The van der Waals surface area contributed by atoms with Crippen molar-refractivity contribution in [3.8, 4) is 0 Å². The molecule has 0 aliphatic rings. The van der Waals surface area contributed by atoms with Gasteiger partial charge in [0.25, 0.3) is 5.91 Å². The van der Waals surface area contributed by atoms with E-state index in [1.807, 2.05) is 56.5 Å². The predicted octanol–water partition coefficient (Wildman–Crippen LogP) is 2.91. The van der Waals surface area contributed by atoms with Crippen LogP contribution < -0.4 is 5.32 Å². The number of aromatic nitrogens is 1. The highest BCUT2D eigenvalue weighted by Crippen LogP contribution is 2.16. The molecule has 5 heteroatoms. The van der Waals surface area contributed by atoms with Gasteiger partial charge in [-0.05, 0) is 44.9 Å². The third kappa shape index (κ3) is 4.04. The first-order valence-electron chi connectivity index (χ1n) is 8.09. The van der Waals surface area contributed by atoms with E-state index in [9.17, 15) is 9.59 Å². The molecule has 0 aliphatic carbocycles. The molecule has 1 amide bonds. The molecule has 1 N–H and O–H groups in total. The molecule has 0 atom stereocenters. The molecular formula is C19H24N2O3. The second kappa shape index (κ2) is 7.81. The third-order valence-corrected chi connectivity index (χ3v) is 4.18. The van der Waals surface area contributed by atoms with Crippen LogP contribution in [-0.4, -0.2) is 23.1 Å². The van der Waals surface area contributed by atoms with Crippen LogP contribution in [0.1, 0.15) is 39.8 Å². The lowest BCUT2D eigenvalue weighted by Crippen LogP contribution is -2.28. The second-order valence-corrected chi connectivity index (χ2v) is 5.81. The van der Waals surface area contributed by atoms with Crippen LogP contribution in [0.2, 0.25) is 0 Å². The Labute approximate surface area is 142 Å². The normalized spacial score (nSPS) is 10.5. The Bertz CT molecular complexity index is 747. The number of nitrogens with one attached hydrogen (secondary N) is 1.